The molecule has 1 aliphatic rings. The molecule has 0 heterocycles. The van der Waals surface area contributed by atoms with Crippen LogP contribution in [0, 0.1) is 17.5 Å². The van der Waals surface area contributed by atoms with Gasteiger partial charge in [0.15, 0.2) is 11.6 Å². The Labute approximate surface area is 121 Å². The van der Waals surface area contributed by atoms with Gasteiger partial charge >= 0.3 is 0 Å². The molecular formula is C17H16F3N. The molecular weight excluding hydrogens is 275 g/mol. The van der Waals surface area contributed by atoms with Crippen LogP contribution in [-0.4, -0.2) is 7.05 Å². The number of rotatable bonds is 3. The Kier molecular flexibility index (Phi) is 3.72. The maximum atomic E-state index is 14.0. The number of benzene rings is 2. The van der Waals surface area contributed by atoms with Gasteiger partial charge in [0.2, 0.25) is 0 Å². The number of hydrogen-bond donors (Lipinski definition) is 1. The summed E-state index contributed by atoms with van der Waals surface area (Å²) in [5.41, 5.74) is 3.56. The van der Waals surface area contributed by atoms with Gasteiger partial charge in [0.25, 0.3) is 0 Å². The van der Waals surface area contributed by atoms with Crippen LogP contribution in [0.15, 0.2) is 30.3 Å². The summed E-state index contributed by atoms with van der Waals surface area (Å²) in [6.45, 7) is 0. The van der Waals surface area contributed by atoms with Crippen molar-refractivity contribution in [3.8, 4) is 0 Å². The molecule has 110 valence electrons. The highest BCUT2D eigenvalue weighted by molar-refractivity contribution is 5.40. The van der Waals surface area contributed by atoms with Crippen molar-refractivity contribution in [1.29, 1.82) is 0 Å². The summed E-state index contributed by atoms with van der Waals surface area (Å²) in [4.78, 5) is 0. The van der Waals surface area contributed by atoms with Crippen LogP contribution in [0.3, 0.4) is 0 Å². The maximum Gasteiger partial charge on any atom is 0.161 e. The topological polar surface area (TPSA) is 12.0 Å². The predicted octanol–water partition coefficient (Wildman–Crippen LogP) is 3.90. The van der Waals surface area contributed by atoms with E-state index in [0.29, 0.717) is 6.07 Å². The van der Waals surface area contributed by atoms with Crippen LogP contribution in [0.4, 0.5) is 13.2 Å². The molecule has 2 aromatic rings. The van der Waals surface area contributed by atoms with Gasteiger partial charge in [-0.3, -0.25) is 0 Å². The first-order valence-corrected chi connectivity index (χ1v) is 7.03. The lowest BCUT2D eigenvalue weighted by Crippen LogP contribution is -2.19. The van der Waals surface area contributed by atoms with Crippen LogP contribution in [0.2, 0.25) is 0 Å². The van der Waals surface area contributed by atoms with Crippen LogP contribution in [0.25, 0.3) is 0 Å². The van der Waals surface area contributed by atoms with E-state index < -0.39 is 23.5 Å². The van der Waals surface area contributed by atoms with E-state index in [2.05, 4.69) is 5.32 Å². The number of halogens is 3. The summed E-state index contributed by atoms with van der Waals surface area (Å²) < 4.78 is 40.5. The average molecular weight is 291 g/mol. The maximum absolute atomic E-state index is 14.0. The number of aryl methyl sites for hydroxylation is 2. The summed E-state index contributed by atoms with van der Waals surface area (Å²) in [7, 11) is 1.68. The third kappa shape index (κ3) is 2.56. The molecule has 0 saturated heterocycles. The van der Waals surface area contributed by atoms with Crippen molar-refractivity contribution < 1.29 is 13.2 Å². The minimum atomic E-state index is -1.17. The molecule has 1 nitrogen and oxygen atoms in total. The zero-order valence-electron chi connectivity index (χ0n) is 11.7. The van der Waals surface area contributed by atoms with Gasteiger partial charge in [0, 0.05) is 11.6 Å². The van der Waals surface area contributed by atoms with E-state index >= 15 is 0 Å². The fraction of sp³-hybridized carbons (Fsp3) is 0.294. The molecule has 0 saturated carbocycles. The zero-order valence-corrected chi connectivity index (χ0v) is 11.7. The smallest absolute Gasteiger partial charge is 0.161 e. The van der Waals surface area contributed by atoms with Crippen LogP contribution >= 0.6 is 0 Å². The van der Waals surface area contributed by atoms with Crippen LogP contribution in [0.1, 0.15) is 34.7 Å². The monoisotopic (exact) mass is 291 g/mol. The molecule has 1 atom stereocenters. The Morgan fingerprint density at radius 3 is 2.38 bits per heavy atom. The molecule has 4 heteroatoms. The molecule has 1 N–H and O–H groups in total. The molecule has 0 bridgehead atoms. The second kappa shape index (κ2) is 5.53. The quantitative estimate of drug-likeness (QED) is 0.846. The number of nitrogens with one attached hydrogen (secondary N) is 1. The van der Waals surface area contributed by atoms with E-state index in [1.807, 2.05) is 18.2 Å². The van der Waals surface area contributed by atoms with Gasteiger partial charge in [-0.1, -0.05) is 18.2 Å². The van der Waals surface area contributed by atoms with Gasteiger partial charge in [-0.2, -0.15) is 0 Å². The van der Waals surface area contributed by atoms with Crippen LogP contribution in [0.5, 0.6) is 0 Å². The fourth-order valence-electron chi connectivity index (χ4n) is 3.03. The van der Waals surface area contributed by atoms with E-state index in [-0.39, 0.29) is 5.56 Å². The van der Waals surface area contributed by atoms with Gasteiger partial charge < -0.3 is 5.32 Å². The van der Waals surface area contributed by atoms with Crippen molar-refractivity contribution in [2.45, 2.75) is 25.3 Å². The van der Waals surface area contributed by atoms with Gasteiger partial charge in [-0.15, -0.1) is 0 Å². The summed E-state index contributed by atoms with van der Waals surface area (Å²) in [6, 6.07) is 7.03. The molecule has 1 unspecified atom stereocenters. The minimum Gasteiger partial charge on any atom is -0.309 e. The SMILES string of the molecule is CNC(c1ccc2c(c1)CCC2)c1cc(F)c(F)cc1F. The molecule has 0 fully saturated rings. The third-order valence-corrected chi connectivity index (χ3v) is 4.10. The van der Waals surface area contributed by atoms with E-state index in [9.17, 15) is 13.2 Å². The van der Waals surface area contributed by atoms with Crippen molar-refractivity contribution >= 4 is 0 Å². The summed E-state index contributed by atoms with van der Waals surface area (Å²) in [5, 5.41) is 2.98. The fourth-order valence-corrected chi connectivity index (χ4v) is 3.03. The average Bonchev–Trinajstić information content (AvgIpc) is 2.92. The predicted molar refractivity (Wildman–Crippen MR) is 75.7 cm³/mol. The van der Waals surface area contributed by atoms with Crippen molar-refractivity contribution in [2.24, 2.45) is 0 Å². The van der Waals surface area contributed by atoms with Crippen molar-refractivity contribution in [2.75, 3.05) is 7.05 Å². The van der Waals surface area contributed by atoms with Gasteiger partial charge in [-0.25, -0.2) is 13.2 Å². The molecule has 1 aliphatic carbocycles. The largest absolute Gasteiger partial charge is 0.309 e. The summed E-state index contributed by atoms with van der Waals surface area (Å²) in [5.74, 6) is -2.94. The Balaban J connectivity index is 2.04. The third-order valence-electron chi connectivity index (χ3n) is 4.10. The lowest BCUT2D eigenvalue weighted by Gasteiger charge is -2.19. The highest BCUT2D eigenvalue weighted by Gasteiger charge is 2.21. The van der Waals surface area contributed by atoms with Crippen LogP contribution in [-0.2, 0) is 12.8 Å². The van der Waals surface area contributed by atoms with Gasteiger partial charge in [0.05, 0.1) is 6.04 Å². The summed E-state index contributed by atoms with van der Waals surface area (Å²) >= 11 is 0. The Bertz CT molecular complexity index is 682. The van der Waals surface area contributed by atoms with Crippen molar-refractivity contribution in [1.82, 2.24) is 5.32 Å². The zero-order chi connectivity index (χ0) is 15.0. The van der Waals surface area contributed by atoms with Crippen molar-refractivity contribution in [3.63, 3.8) is 0 Å². The molecule has 21 heavy (non-hydrogen) atoms. The Hall–Kier alpha value is -1.81. The first-order valence-electron chi connectivity index (χ1n) is 7.03. The first kappa shape index (κ1) is 14.1. The Morgan fingerprint density at radius 1 is 0.905 bits per heavy atom. The van der Waals surface area contributed by atoms with Crippen molar-refractivity contribution in [3.05, 3.63) is 70.0 Å². The molecule has 2 aromatic carbocycles. The normalized spacial score (nSPS) is 15.0. The summed E-state index contributed by atoms with van der Waals surface area (Å²) in [6.07, 6.45) is 3.21. The second-order valence-electron chi connectivity index (χ2n) is 5.39. The molecule has 0 aromatic heterocycles. The Morgan fingerprint density at radius 2 is 1.62 bits per heavy atom. The number of fused-ring (bicyclic) bond motifs is 1. The highest BCUT2D eigenvalue weighted by Crippen LogP contribution is 2.30. The van der Waals surface area contributed by atoms with E-state index in [1.54, 1.807) is 7.05 Å². The van der Waals surface area contributed by atoms with Gasteiger partial charge in [0.1, 0.15) is 5.82 Å². The molecule has 0 spiro atoms. The second-order valence-corrected chi connectivity index (χ2v) is 5.39. The van der Waals surface area contributed by atoms with E-state index in [1.165, 1.54) is 11.1 Å². The molecule has 0 aliphatic heterocycles. The number of hydrogen-bond acceptors (Lipinski definition) is 1. The molecule has 0 amide bonds. The lowest BCUT2D eigenvalue weighted by molar-refractivity contribution is 0.483. The van der Waals surface area contributed by atoms with Gasteiger partial charge in [-0.05, 0) is 49.1 Å². The van der Waals surface area contributed by atoms with E-state index in [4.69, 9.17) is 0 Å². The standard InChI is InChI=1S/C17H16F3N/c1-21-17(13-8-15(19)16(20)9-14(13)18)12-6-5-10-3-2-4-11(10)7-12/h5-9,17,21H,2-4H2,1H3. The first-order chi connectivity index (χ1) is 10.1. The molecule has 0 radical (unpaired) electrons. The van der Waals surface area contributed by atoms with Crippen LogP contribution < -0.4 is 5.32 Å². The van der Waals surface area contributed by atoms with E-state index in [0.717, 1.165) is 30.9 Å². The highest BCUT2D eigenvalue weighted by atomic mass is 19.2. The molecule has 3 rings (SSSR count). The lowest BCUT2D eigenvalue weighted by atomic mass is 9.95. The minimum absolute atomic E-state index is 0.120.